The smallest absolute Gasteiger partial charge is 0.0992 e. The third-order valence-corrected chi connectivity index (χ3v) is 5.25. The Morgan fingerprint density at radius 1 is 1.35 bits per heavy atom. The van der Waals surface area contributed by atoms with E-state index >= 15 is 0 Å². The first-order valence-electron chi connectivity index (χ1n) is 7.28. The van der Waals surface area contributed by atoms with Crippen LogP contribution in [0.1, 0.15) is 31.2 Å². The van der Waals surface area contributed by atoms with Crippen LogP contribution in [-0.2, 0) is 4.74 Å². The number of nitrogens with zero attached hydrogens (tertiary/aromatic N) is 1. The third kappa shape index (κ3) is 3.11. The maximum atomic E-state index is 8.97. The zero-order valence-electron chi connectivity index (χ0n) is 11.6. The Morgan fingerprint density at radius 3 is 3.00 bits per heavy atom. The Kier molecular flexibility index (Phi) is 4.18. The van der Waals surface area contributed by atoms with E-state index in [4.69, 9.17) is 10.00 Å². The molecule has 0 aliphatic carbocycles. The minimum absolute atomic E-state index is 0.105. The zero-order chi connectivity index (χ0) is 13.8. The highest BCUT2D eigenvalue weighted by Gasteiger charge is 2.38. The van der Waals surface area contributed by atoms with E-state index in [2.05, 4.69) is 11.4 Å². The molecule has 0 saturated carbocycles. The first-order chi connectivity index (χ1) is 9.80. The highest BCUT2D eigenvalue weighted by atomic mass is 32.2. The molecule has 1 unspecified atom stereocenters. The van der Waals surface area contributed by atoms with Crippen LogP contribution in [0.3, 0.4) is 0 Å². The average molecular weight is 288 g/mol. The standard InChI is InChI=1S/C16H20N2OS/c17-12-13-2-1-3-14(10-13)18-15-4-7-19-16(11-15)5-8-20-9-6-16/h1-3,10,15,18H,4-9,11H2. The van der Waals surface area contributed by atoms with Crippen LogP contribution >= 0.6 is 11.8 Å². The van der Waals surface area contributed by atoms with Gasteiger partial charge in [0.25, 0.3) is 0 Å². The summed E-state index contributed by atoms with van der Waals surface area (Å²) in [5, 5.41) is 12.6. The molecule has 0 radical (unpaired) electrons. The molecule has 2 aliphatic rings. The molecule has 20 heavy (non-hydrogen) atoms. The molecule has 1 spiro atoms. The van der Waals surface area contributed by atoms with Crippen LogP contribution in [0.5, 0.6) is 0 Å². The predicted octanol–water partition coefficient (Wildman–Crippen LogP) is 3.41. The molecule has 2 fully saturated rings. The van der Waals surface area contributed by atoms with E-state index in [1.807, 2.05) is 36.0 Å². The quantitative estimate of drug-likeness (QED) is 0.905. The van der Waals surface area contributed by atoms with Crippen molar-refractivity contribution in [1.29, 1.82) is 5.26 Å². The van der Waals surface area contributed by atoms with Crippen molar-refractivity contribution in [3.63, 3.8) is 0 Å². The van der Waals surface area contributed by atoms with E-state index in [0.717, 1.165) is 25.1 Å². The van der Waals surface area contributed by atoms with Crippen LogP contribution < -0.4 is 5.32 Å². The molecule has 0 aromatic heterocycles. The molecule has 0 amide bonds. The summed E-state index contributed by atoms with van der Waals surface area (Å²) >= 11 is 2.04. The molecule has 2 saturated heterocycles. The number of nitrogens with one attached hydrogen (secondary N) is 1. The fourth-order valence-corrected chi connectivity index (χ4v) is 4.39. The number of hydrogen-bond donors (Lipinski definition) is 1. The van der Waals surface area contributed by atoms with Crippen molar-refractivity contribution in [2.45, 2.75) is 37.3 Å². The molecule has 4 heteroatoms. The second kappa shape index (κ2) is 6.07. The number of nitriles is 1. The zero-order valence-corrected chi connectivity index (χ0v) is 12.4. The van der Waals surface area contributed by atoms with Crippen molar-refractivity contribution in [1.82, 2.24) is 0 Å². The number of anilines is 1. The van der Waals surface area contributed by atoms with Gasteiger partial charge in [-0.25, -0.2) is 0 Å². The van der Waals surface area contributed by atoms with E-state index in [0.29, 0.717) is 11.6 Å². The Balaban J connectivity index is 1.66. The molecule has 3 nitrogen and oxygen atoms in total. The van der Waals surface area contributed by atoms with Gasteiger partial charge in [-0.15, -0.1) is 0 Å². The summed E-state index contributed by atoms with van der Waals surface area (Å²) in [6.07, 6.45) is 4.48. The van der Waals surface area contributed by atoms with Crippen molar-refractivity contribution < 1.29 is 4.74 Å². The summed E-state index contributed by atoms with van der Waals surface area (Å²) in [5.74, 6) is 2.44. The molecule has 106 valence electrons. The fourth-order valence-electron chi connectivity index (χ4n) is 3.16. The van der Waals surface area contributed by atoms with Crippen molar-refractivity contribution in [3.8, 4) is 6.07 Å². The van der Waals surface area contributed by atoms with E-state index in [1.165, 1.54) is 24.3 Å². The minimum Gasteiger partial charge on any atom is -0.382 e. The minimum atomic E-state index is 0.105. The molecule has 1 aromatic carbocycles. The van der Waals surface area contributed by atoms with Gasteiger partial charge in [-0.05, 0) is 55.4 Å². The van der Waals surface area contributed by atoms with Gasteiger partial charge in [0.15, 0.2) is 0 Å². The molecule has 1 aromatic rings. The number of thioether (sulfide) groups is 1. The highest BCUT2D eigenvalue weighted by molar-refractivity contribution is 7.99. The lowest BCUT2D eigenvalue weighted by atomic mass is 9.85. The van der Waals surface area contributed by atoms with E-state index in [-0.39, 0.29) is 5.60 Å². The summed E-state index contributed by atoms with van der Waals surface area (Å²) < 4.78 is 6.11. The lowest BCUT2D eigenvalue weighted by Gasteiger charge is -2.43. The number of benzene rings is 1. The van der Waals surface area contributed by atoms with Gasteiger partial charge in [-0.1, -0.05) is 6.07 Å². The summed E-state index contributed by atoms with van der Waals surface area (Å²) in [6, 6.07) is 10.4. The van der Waals surface area contributed by atoms with E-state index in [9.17, 15) is 0 Å². The molecule has 2 heterocycles. The van der Waals surface area contributed by atoms with Gasteiger partial charge in [0.2, 0.25) is 0 Å². The number of hydrogen-bond acceptors (Lipinski definition) is 4. The summed E-state index contributed by atoms with van der Waals surface area (Å²) in [6.45, 7) is 0.847. The lowest BCUT2D eigenvalue weighted by molar-refractivity contribution is -0.0865. The van der Waals surface area contributed by atoms with Crippen molar-refractivity contribution >= 4 is 17.4 Å². The molecular weight excluding hydrogens is 268 g/mol. The average Bonchev–Trinajstić information content (AvgIpc) is 2.48. The Bertz CT molecular complexity index is 500. The second-order valence-corrected chi connectivity index (χ2v) is 6.90. The first kappa shape index (κ1) is 13.8. The lowest BCUT2D eigenvalue weighted by Crippen LogP contribution is -2.46. The number of rotatable bonds is 2. The maximum Gasteiger partial charge on any atom is 0.0992 e. The van der Waals surface area contributed by atoms with Crippen molar-refractivity contribution in [3.05, 3.63) is 29.8 Å². The van der Waals surface area contributed by atoms with Gasteiger partial charge in [-0.3, -0.25) is 0 Å². The SMILES string of the molecule is N#Cc1cccc(NC2CCOC3(CCSCC3)C2)c1. The third-order valence-electron chi connectivity index (χ3n) is 4.26. The van der Waals surface area contributed by atoms with Gasteiger partial charge in [0.1, 0.15) is 0 Å². The van der Waals surface area contributed by atoms with Crippen molar-refractivity contribution in [2.24, 2.45) is 0 Å². The van der Waals surface area contributed by atoms with Gasteiger partial charge in [0.05, 0.1) is 17.2 Å². The second-order valence-electron chi connectivity index (χ2n) is 5.67. The summed E-state index contributed by atoms with van der Waals surface area (Å²) in [5.41, 5.74) is 1.87. The van der Waals surface area contributed by atoms with Crippen LogP contribution in [0.2, 0.25) is 0 Å². The largest absolute Gasteiger partial charge is 0.382 e. The van der Waals surface area contributed by atoms with Gasteiger partial charge < -0.3 is 10.1 Å². The normalized spacial score (nSPS) is 25.1. The van der Waals surface area contributed by atoms with Crippen LogP contribution in [-0.4, -0.2) is 29.8 Å². The Labute approximate surface area is 124 Å². The molecule has 1 atom stereocenters. The van der Waals surface area contributed by atoms with Crippen LogP contribution in [0, 0.1) is 11.3 Å². The van der Waals surface area contributed by atoms with Gasteiger partial charge in [0, 0.05) is 18.3 Å². The van der Waals surface area contributed by atoms with E-state index < -0.39 is 0 Å². The number of ether oxygens (including phenoxy) is 1. The van der Waals surface area contributed by atoms with Crippen molar-refractivity contribution in [2.75, 3.05) is 23.4 Å². The van der Waals surface area contributed by atoms with Crippen LogP contribution in [0.15, 0.2) is 24.3 Å². The summed E-state index contributed by atoms with van der Waals surface area (Å²) in [4.78, 5) is 0. The first-order valence-corrected chi connectivity index (χ1v) is 8.44. The molecule has 3 rings (SSSR count). The Hall–Kier alpha value is -1.18. The highest BCUT2D eigenvalue weighted by Crippen LogP contribution is 2.38. The van der Waals surface area contributed by atoms with Crippen LogP contribution in [0.25, 0.3) is 0 Å². The summed E-state index contributed by atoms with van der Waals surface area (Å²) in [7, 11) is 0. The monoisotopic (exact) mass is 288 g/mol. The topological polar surface area (TPSA) is 45.0 Å². The predicted molar refractivity (Wildman–Crippen MR) is 83.0 cm³/mol. The fraction of sp³-hybridized carbons (Fsp3) is 0.562. The van der Waals surface area contributed by atoms with Crippen LogP contribution in [0.4, 0.5) is 5.69 Å². The molecule has 0 bridgehead atoms. The Morgan fingerprint density at radius 2 is 2.20 bits per heavy atom. The molecular formula is C16H20N2OS. The van der Waals surface area contributed by atoms with Gasteiger partial charge in [-0.2, -0.15) is 17.0 Å². The maximum absolute atomic E-state index is 8.97. The van der Waals surface area contributed by atoms with Gasteiger partial charge >= 0.3 is 0 Å². The molecule has 1 N–H and O–H groups in total. The molecule has 2 aliphatic heterocycles. The van der Waals surface area contributed by atoms with E-state index in [1.54, 1.807) is 0 Å².